The van der Waals surface area contributed by atoms with Gasteiger partial charge in [0.25, 0.3) is 0 Å². The highest BCUT2D eigenvalue weighted by Crippen LogP contribution is 2.18. The maximum absolute atomic E-state index is 11.5. The molecule has 1 heterocycles. The first-order valence-corrected chi connectivity index (χ1v) is 5.90. The number of halogens is 1. The van der Waals surface area contributed by atoms with Gasteiger partial charge in [-0.2, -0.15) is 4.98 Å². The number of nitrogen functional groups attached to an aromatic ring is 1. The molecular weight excluding hydrogens is 256 g/mol. The first-order valence-electron chi connectivity index (χ1n) is 5.52. The Hall–Kier alpha value is -1.60. The third kappa shape index (κ3) is 4.72. The molecule has 1 rings (SSSR count). The van der Waals surface area contributed by atoms with Gasteiger partial charge in [-0.1, -0.05) is 25.4 Å². The number of rotatable bonds is 6. The molecule has 8 heteroatoms. The van der Waals surface area contributed by atoms with Crippen LogP contribution >= 0.6 is 11.6 Å². The van der Waals surface area contributed by atoms with E-state index >= 15 is 0 Å². The molecule has 1 aromatic heterocycles. The minimum Gasteiger partial charge on any atom is -0.360 e. The summed E-state index contributed by atoms with van der Waals surface area (Å²) in [6.45, 7) is 4.77. The quantitative estimate of drug-likeness (QED) is 0.446. The number of anilines is 2. The zero-order valence-electron chi connectivity index (χ0n) is 10.3. The number of carbonyl (C=O) groups excluding carboxylic acids is 1. The van der Waals surface area contributed by atoms with Crippen LogP contribution < -0.4 is 21.9 Å². The van der Waals surface area contributed by atoms with Gasteiger partial charge < -0.3 is 10.6 Å². The van der Waals surface area contributed by atoms with E-state index in [-0.39, 0.29) is 18.4 Å². The van der Waals surface area contributed by atoms with Gasteiger partial charge in [0.15, 0.2) is 5.82 Å². The molecule has 0 atom stereocenters. The predicted molar refractivity (Wildman–Crippen MR) is 71.2 cm³/mol. The van der Waals surface area contributed by atoms with E-state index in [9.17, 15) is 4.79 Å². The van der Waals surface area contributed by atoms with Crippen molar-refractivity contribution in [2.75, 3.05) is 23.8 Å². The Morgan fingerprint density at radius 2 is 2.28 bits per heavy atom. The van der Waals surface area contributed by atoms with Gasteiger partial charge >= 0.3 is 0 Å². The molecule has 0 aliphatic heterocycles. The van der Waals surface area contributed by atoms with E-state index in [1.165, 1.54) is 6.20 Å². The first-order chi connectivity index (χ1) is 8.52. The molecule has 18 heavy (non-hydrogen) atoms. The molecule has 100 valence electrons. The number of aromatic nitrogens is 2. The summed E-state index contributed by atoms with van der Waals surface area (Å²) in [7, 11) is 0. The first kappa shape index (κ1) is 14.5. The number of hydrazine groups is 1. The van der Waals surface area contributed by atoms with Crippen molar-refractivity contribution in [3.05, 3.63) is 11.2 Å². The molecule has 0 saturated heterocycles. The topological polar surface area (TPSA) is 105 Å². The molecule has 0 aliphatic rings. The van der Waals surface area contributed by atoms with Crippen LogP contribution in [0.4, 0.5) is 11.8 Å². The number of nitrogens with two attached hydrogens (primary N) is 1. The fraction of sp³-hybridized carbons (Fsp3) is 0.500. The average molecular weight is 273 g/mol. The Balaban J connectivity index is 2.50. The van der Waals surface area contributed by atoms with Crippen LogP contribution in [0.1, 0.15) is 13.8 Å². The zero-order valence-corrected chi connectivity index (χ0v) is 11.1. The van der Waals surface area contributed by atoms with E-state index in [1.807, 2.05) is 13.8 Å². The van der Waals surface area contributed by atoms with Crippen molar-refractivity contribution in [1.82, 2.24) is 15.3 Å². The molecule has 0 radical (unpaired) electrons. The van der Waals surface area contributed by atoms with E-state index in [2.05, 4.69) is 26.0 Å². The van der Waals surface area contributed by atoms with E-state index in [1.54, 1.807) is 0 Å². The van der Waals surface area contributed by atoms with Gasteiger partial charge in [0.05, 0.1) is 12.7 Å². The van der Waals surface area contributed by atoms with E-state index < -0.39 is 0 Å². The number of hydrogen-bond donors (Lipinski definition) is 4. The van der Waals surface area contributed by atoms with Crippen molar-refractivity contribution < 1.29 is 4.79 Å². The molecule has 0 unspecified atom stereocenters. The Morgan fingerprint density at radius 1 is 1.56 bits per heavy atom. The van der Waals surface area contributed by atoms with Crippen LogP contribution in [0.5, 0.6) is 0 Å². The molecule has 0 spiro atoms. The maximum Gasteiger partial charge on any atom is 0.239 e. The lowest BCUT2D eigenvalue weighted by atomic mass is 10.2. The minimum absolute atomic E-state index is 0.0907. The number of hydrogen-bond acceptors (Lipinski definition) is 6. The van der Waals surface area contributed by atoms with Crippen LogP contribution in [-0.4, -0.2) is 29.0 Å². The zero-order chi connectivity index (χ0) is 13.5. The summed E-state index contributed by atoms with van der Waals surface area (Å²) in [5.74, 6) is 6.05. The number of nitrogens with one attached hydrogen (secondary N) is 3. The number of nitrogens with zero attached hydrogens (tertiary/aromatic N) is 2. The van der Waals surface area contributed by atoms with Crippen molar-refractivity contribution in [3.63, 3.8) is 0 Å². The largest absolute Gasteiger partial charge is 0.360 e. The van der Waals surface area contributed by atoms with E-state index in [0.717, 1.165) is 0 Å². The minimum atomic E-state index is -0.124. The van der Waals surface area contributed by atoms with E-state index in [4.69, 9.17) is 17.4 Å². The van der Waals surface area contributed by atoms with Crippen molar-refractivity contribution in [2.45, 2.75) is 13.8 Å². The summed E-state index contributed by atoms with van der Waals surface area (Å²) in [6.07, 6.45) is 1.40. The maximum atomic E-state index is 11.5. The molecule has 1 amide bonds. The van der Waals surface area contributed by atoms with Gasteiger partial charge in [-0.25, -0.2) is 10.8 Å². The van der Waals surface area contributed by atoms with Crippen molar-refractivity contribution in [3.8, 4) is 0 Å². The third-order valence-corrected chi connectivity index (χ3v) is 2.27. The van der Waals surface area contributed by atoms with Gasteiger partial charge in [-0.3, -0.25) is 10.2 Å². The van der Waals surface area contributed by atoms with Gasteiger partial charge in [0.1, 0.15) is 5.02 Å². The molecule has 0 aromatic carbocycles. The summed E-state index contributed by atoms with van der Waals surface area (Å²) in [5.41, 5.74) is 2.30. The standard InChI is InChI=1S/C10H17ClN6O/c1-6(2)3-13-8(18)5-14-9-7(11)4-15-10(16-9)17-12/h4,6H,3,5,12H2,1-2H3,(H,13,18)(H2,14,15,16,17). The van der Waals surface area contributed by atoms with Crippen LogP contribution in [-0.2, 0) is 4.79 Å². The number of carbonyl (C=O) groups is 1. The monoisotopic (exact) mass is 272 g/mol. The fourth-order valence-electron chi connectivity index (χ4n) is 1.11. The fourth-order valence-corrected chi connectivity index (χ4v) is 1.26. The lowest BCUT2D eigenvalue weighted by molar-refractivity contribution is -0.119. The molecule has 0 saturated carbocycles. The second kappa shape index (κ2) is 6.97. The van der Waals surface area contributed by atoms with Gasteiger partial charge in [-0.05, 0) is 5.92 Å². The highest BCUT2D eigenvalue weighted by Gasteiger charge is 2.07. The van der Waals surface area contributed by atoms with Crippen LogP contribution in [0.15, 0.2) is 6.20 Å². The average Bonchev–Trinajstić information content (AvgIpc) is 2.35. The van der Waals surface area contributed by atoms with Crippen LogP contribution in [0, 0.1) is 5.92 Å². The Bertz CT molecular complexity index is 411. The molecular formula is C10H17ClN6O. The van der Waals surface area contributed by atoms with Crippen molar-refractivity contribution in [2.24, 2.45) is 11.8 Å². The number of amides is 1. The highest BCUT2D eigenvalue weighted by atomic mass is 35.5. The van der Waals surface area contributed by atoms with E-state index in [0.29, 0.717) is 23.3 Å². The molecule has 0 bridgehead atoms. The normalized spacial score (nSPS) is 10.3. The summed E-state index contributed by atoms with van der Waals surface area (Å²) in [4.78, 5) is 19.3. The van der Waals surface area contributed by atoms with Crippen molar-refractivity contribution >= 4 is 29.3 Å². The molecule has 0 aliphatic carbocycles. The second-order valence-corrected chi connectivity index (χ2v) is 4.49. The lowest BCUT2D eigenvalue weighted by Crippen LogP contribution is -2.32. The summed E-state index contributed by atoms with van der Waals surface area (Å²) in [5, 5.41) is 5.92. The molecule has 7 nitrogen and oxygen atoms in total. The predicted octanol–water partition coefficient (Wildman–Crippen LogP) is 0.600. The SMILES string of the molecule is CC(C)CNC(=O)CNc1nc(NN)ncc1Cl. The lowest BCUT2D eigenvalue weighted by Gasteiger charge is -2.10. The van der Waals surface area contributed by atoms with Gasteiger partial charge in [0, 0.05) is 6.54 Å². The summed E-state index contributed by atoms with van der Waals surface area (Å²) >= 11 is 5.88. The summed E-state index contributed by atoms with van der Waals surface area (Å²) < 4.78 is 0. The van der Waals surface area contributed by atoms with Gasteiger partial charge in [0.2, 0.25) is 11.9 Å². The van der Waals surface area contributed by atoms with Crippen LogP contribution in [0.2, 0.25) is 5.02 Å². The van der Waals surface area contributed by atoms with Crippen molar-refractivity contribution in [1.29, 1.82) is 0 Å². The molecule has 0 fully saturated rings. The van der Waals surface area contributed by atoms with Crippen LogP contribution in [0.25, 0.3) is 0 Å². The van der Waals surface area contributed by atoms with Gasteiger partial charge in [-0.15, -0.1) is 0 Å². The smallest absolute Gasteiger partial charge is 0.239 e. The third-order valence-electron chi connectivity index (χ3n) is 2.00. The second-order valence-electron chi connectivity index (χ2n) is 4.09. The summed E-state index contributed by atoms with van der Waals surface area (Å²) in [6, 6.07) is 0. The Labute approximate surface area is 110 Å². The Kier molecular flexibility index (Phi) is 5.60. The molecule has 1 aromatic rings. The molecule has 5 N–H and O–H groups in total. The Morgan fingerprint density at radius 3 is 2.89 bits per heavy atom. The highest BCUT2D eigenvalue weighted by molar-refractivity contribution is 6.32. The van der Waals surface area contributed by atoms with Crippen LogP contribution in [0.3, 0.4) is 0 Å².